The van der Waals surface area contributed by atoms with Gasteiger partial charge in [-0.05, 0) is 37.0 Å². The normalized spacial score (nSPS) is 25.0. The molecule has 0 radical (unpaired) electrons. The predicted octanol–water partition coefficient (Wildman–Crippen LogP) is 3.01. The Labute approximate surface area is 144 Å². The Bertz CT molecular complexity index is 694. The zero-order valence-corrected chi connectivity index (χ0v) is 15.3. The molecule has 1 saturated heterocycles. The Morgan fingerprint density at radius 3 is 2.46 bits per heavy atom. The highest BCUT2D eigenvalue weighted by Crippen LogP contribution is 2.46. The Morgan fingerprint density at radius 2 is 1.96 bits per heavy atom. The monoisotopic (exact) mass is 328 g/mol. The van der Waals surface area contributed by atoms with E-state index in [2.05, 4.69) is 62.3 Å². The van der Waals surface area contributed by atoms with Gasteiger partial charge in [0.2, 0.25) is 5.95 Å². The average Bonchev–Trinajstić information content (AvgIpc) is 2.86. The van der Waals surface area contributed by atoms with E-state index in [-0.39, 0.29) is 17.1 Å². The number of nitrogens with one attached hydrogen (secondary N) is 1. The summed E-state index contributed by atoms with van der Waals surface area (Å²) in [4.78, 5) is 4.18. The molecule has 24 heavy (non-hydrogen) atoms. The summed E-state index contributed by atoms with van der Waals surface area (Å²) in [5.41, 5.74) is 8.82. The lowest BCUT2D eigenvalue weighted by molar-refractivity contribution is -0.163. The maximum absolute atomic E-state index is 6.40. The topological polar surface area (TPSA) is 65.1 Å². The molecular weight excluding hydrogens is 300 g/mol. The van der Waals surface area contributed by atoms with Crippen LogP contribution < -0.4 is 11.1 Å². The number of benzene rings is 1. The number of morpholine rings is 1. The second kappa shape index (κ2) is 5.90. The van der Waals surface area contributed by atoms with Gasteiger partial charge in [0.15, 0.2) is 0 Å². The minimum Gasteiger partial charge on any atom is -0.369 e. The molecule has 0 amide bonds. The minimum absolute atomic E-state index is 0.0364. The summed E-state index contributed by atoms with van der Waals surface area (Å²) >= 11 is 0. The number of nitrogens with two attached hydrogens (primary N) is 1. The first-order valence-electron chi connectivity index (χ1n) is 8.55. The highest BCUT2D eigenvalue weighted by molar-refractivity contribution is 5.44. The highest BCUT2D eigenvalue weighted by atomic mass is 16.5. The van der Waals surface area contributed by atoms with Crippen molar-refractivity contribution in [3.63, 3.8) is 0 Å². The lowest BCUT2D eigenvalue weighted by atomic mass is 9.67. The van der Waals surface area contributed by atoms with Crippen molar-refractivity contribution in [3.8, 4) is 5.69 Å². The maximum atomic E-state index is 6.40. The Kier molecular flexibility index (Phi) is 4.18. The van der Waals surface area contributed by atoms with Gasteiger partial charge in [-0.3, -0.25) is 4.57 Å². The standard InChI is InChI=1S/C19H28N4O/c1-13-12-22-17(20)23(13)16-8-6-15(7-9-16)19(18(3,4)5)14(2)21-10-11-24-19/h6-9,12,14,21H,10-11H2,1-5H3,(H2,20,22)/t14?,19-/m1/s1. The number of anilines is 1. The number of nitrogen functional groups attached to an aromatic ring is 1. The molecule has 1 aliphatic heterocycles. The van der Waals surface area contributed by atoms with Gasteiger partial charge in [-0.15, -0.1) is 0 Å². The zero-order chi connectivity index (χ0) is 17.5. The number of aromatic nitrogens is 2. The summed E-state index contributed by atoms with van der Waals surface area (Å²) in [7, 11) is 0. The first kappa shape index (κ1) is 17.0. The van der Waals surface area contributed by atoms with Crippen LogP contribution in [0.1, 0.15) is 39.0 Å². The fourth-order valence-corrected chi connectivity index (χ4v) is 4.04. The summed E-state index contributed by atoms with van der Waals surface area (Å²) in [5, 5.41) is 3.58. The van der Waals surface area contributed by atoms with Gasteiger partial charge in [0.1, 0.15) is 5.60 Å². The van der Waals surface area contributed by atoms with Gasteiger partial charge >= 0.3 is 0 Å². The van der Waals surface area contributed by atoms with Crippen LogP contribution in [0, 0.1) is 12.3 Å². The van der Waals surface area contributed by atoms with Crippen molar-refractivity contribution in [2.45, 2.75) is 46.3 Å². The van der Waals surface area contributed by atoms with Crippen LogP contribution >= 0.6 is 0 Å². The first-order chi connectivity index (χ1) is 11.3. The number of hydrogen-bond donors (Lipinski definition) is 2. The van der Waals surface area contributed by atoms with E-state index in [4.69, 9.17) is 10.5 Å². The second-order valence-corrected chi connectivity index (χ2v) is 7.65. The average molecular weight is 328 g/mol. The van der Waals surface area contributed by atoms with Crippen molar-refractivity contribution in [1.82, 2.24) is 14.9 Å². The Balaban J connectivity index is 2.05. The smallest absolute Gasteiger partial charge is 0.205 e. The molecule has 0 saturated carbocycles. The highest BCUT2D eigenvalue weighted by Gasteiger charge is 2.50. The third-order valence-electron chi connectivity index (χ3n) is 5.13. The van der Waals surface area contributed by atoms with Crippen molar-refractivity contribution in [2.24, 2.45) is 5.41 Å². The molecule has 0 spiro atoms. The molecule has 0 aliphatic carbocycles. The van der Waals surface area contributed by atoms with Gasteiger partial charge < -0.3 is 15.8 Å². The number of aryl methyl sites for hydroxylation is 1. The molecule has 0 bridgehead atoms. The third kappa shape index (κ3) is 2.52. The minimum atomic E-state index is -0.362. The predicted molar refractivity (Wildman–Crippen MR) is 97.3 cm³/mol. The van der Waals surface area contributed by atoms with Crippen LogP contribution in [0.3, 0.4) is 0 Å². The van der Waals surface area contributed by atoms with Crippen molar-refractivity contribution >= 4 is 5.95 Å². The molecule has 5 heteroatoms. The van der Waals surface area contributed by atoms with E-state index in [1.54, 1.807) is 6.20 Å². The molecule has 2 aromatic rings. The van der Waals surface area contributed by atoms with Gasteiger partial charge in [0.05, 0.1) is 12.8 Å². The van der Waals surface area contributed by atoms with Gasteiger partial charge in [-0.1, -0.05) is 32.9 Å². The zero-order valence-electron chi connectivity index (χ0n) is 15.3. The van der Waals surface area contributed by atoms with E-state index < -0.39 is 0 Å². The van der Waals surface area contributed by atoms with Crippen molar-refractivity contribution in [1.29, 1.82) is 0 Å². The third-order valence-corrected chi connectivity index (χ3v) is 5.13. The lowest BCUT2D eigenvalue weighted by Gasteiger charge is -2.51. The second-order valence-electron chi connectivity index (χ2n) is 7.65. The van der Waals surface area contributed by atoms with Crippen molar-refractivity contribution in [2.75, 3.05) is 18.9 Å². The molecule has 130 valence electrons. The lowest BCUT2D eigenvalue weighted by Crippen LogP contribution is -2.60. The van der Waals surface area contributed by atoms with Crippen LogP contribution in [0.2, 0.25) is 0 Å². The van der Waals surface area contributed by atoms with E-state index in [0.717, 1.165) is 24.5 Å². The van der Waals surface area contributed by atoms with Gasteiger partial charge in [0, 0.05) is 24.0 Å². The van der Waals surface area contributed by atoms with Crippen LogP contribution in [-0.4, -0.2) is 28.7 Å². The van der Waals surface area contributed by atoms with E-state index in [1.165, 1.54) is 5.56 Å². The molecular formula is C19H28N4O. The Hall–Kier alpha value is -1.85. The quantitative estimate of drug-likeness (QED) is 0.889. The van der Waals surface area contributed by atoms with Gasteiger partial charge in [0.25, 0.3) is 0 Å². The first-order valence-corrected chi connectivity index (χ1v) is 8.55. The van der Waals surface area contributed by atoms with Gasteiger partial charge in [-0.25, -0.2) is 4.98 Å². The van der Waals surface area contributed by atoms with Crippen LogP contribution in [0.25, 0.3) is 5.69 Å². The van der Waals surface area contributed by atoms with Gasteiger partial charge in [-0.2, -0.15) is 0 Å². The summed E-state index contributed by atoms with van der Waals surface area (Å²) in [6.07, 6.45) is 1.79. The molecule has 2 heterocycles. The van der Waals surface area contributed by atoms with E-state index in [1.807, 2.05) is 11.5 Å². The molecule has 1 unspecified atom stereocenters. The molecule has 1 fully saturated rings. The summed E-state index contributed by atoms with van der Waals surface area (Å²) in [6.45, 7) is 12.5. The van der Waals surface area contributed by atoms with Crippen molar-refractivity contribution in [3.05, 3.63) is 41.7 Å². The summed E-state index contributed by atoms with van der Waals surface area (Å²) < 4.78 is 8.36. The van der Waals surface area contributed by atoms with E-state index >= 15 is 0 Å². The summed E-state index contributed by atoms with van der Waals surface area (Å²) in [5.74, 6) is 0.509. The van der Waals surface area contributed by atoms with E-state index in [0.29, 0.717) is 5.95 Å². The van der Waals surface area contributed by atoms with Crippen molar-refractivity contribution < 1.29 is 4.74 Å². The Morgan fingerprint density at radius 1 is 1.29 bits per heavy atom. The fourth-order valence-electron chi connectivity index (χ4n) is 4.04. The molecule has 1 aromatic heterocycles. The molecule has 1 aliphatic rings. The van der Waals surface area contributed by atoms with E-state index in [9.17, 15) is 0 Å². The maximum Gasteiger partial charge on any atom is 0.205 e. The van der Waals surface area contributed by atoms with Crippen LogP contribution in [0.15, 0.2) is 30.5 Å². The van der Waals surface area contributed by atoms with Crippen LogP contribution in [-0.2, 0) is 10.3 Å². The number of ether oxygens (including phenoxy) is 1. The largest absolute Gasteiger partial charge is 0.369 e. The van der Waals surface area contributed by atoms with Crippen LogP contribution in [0.5, 0.6) is 0 Å². The molecule has 3 N–H and O–H groups in total. The molecule has 5 nitrogen and oxygen atoms in total. The summed E-state index contributed by atoms with van der Waals surface area (Å²) in [6, 6.07) is 8.74. The number of nitrogens with zero attached hydrogens (tertiary/aromatic N) is 2. The number of hydrogen-bond acceptors (Lipinski definition) is 4. The molecule has 2 atom stereocenters. The SMILES string of the molecule is Cc1cnc(N)n1-c1ccc([C@]2(C(C)(C)C)OCCNC2C)cc1. The fraction of sp³-hybridized carbons (Fsp3) is 0.526. The number of rotatable bonds is 2. The number of imidazole rings is 1. The molecule has 1 aromatic carbocycles. The van der Waals surface area contributed by atoms with Crippen LogP contribution in [0.4, 0.5) is 5.95 Å². The molecule has 3 rings (SSSR count).